The van der Waals surface area contributed by atoms with Gasteiger partial charge in [0.2, 0.25) is 0 Å². The molecule has 0 fully saturated rings. The summed E-state index contributed by atoms with van der Waals surface area (Å²) in [4.78, 5) is 5.93. The van der Waals surface area contributed by atoms with E-state index in [0.29, 0.717) is 0 Å². The fraction of sp³-hybridized carbons (Fsp3) is 0.211. The van der Waals surface area contributed by atoms with Crippen LogP contribution in [-0.2, 0) is 12.3 Å². The molecule has 1 aromatic carbocycles. The molecule has 0 saturated carbocycles. The predicted molar refractivity (Wildman–Crippen MR) is 111 cm³/mol. The van der Waals surface area contributed by atoms with Gasteiger partial charge in [-0.25, -0.2) is 4.98 Å². The van der Waals surface area contributed by atoms with E-state index in [1.54, 1.807) is 34.4 Å². The van der Waals surface area contributed by atoms with Crippen molar-refractivity contribution in [3.05, 3.63) is 58.9 Å². The number of aromatic nitrogens is 4. The normalized spacial score (nSPS) is 11.1. The van der Waals surface area contributed by atoms with Gasteiger partial charge in [-0.1, -0.05) is 55.1 Å². The summed E-state index contributed by atoms with van der Waals surface area (Å²) < 4.78 is 2.22. The van der Waals surface area contributed by atoms with Crippen LogP contribution in [-0.4, -0.2) is 19.7 Å². The van der Waals surface area contributed by atoms with Crippen molar-refractivity contribution in [3.63, 3.8) is 0 Å². The Balaban J connectivity index is 1.51. The highest BCUT2D eigenvalue weighted by Crippen LogP contribution is 2.30. The van der Waals surface area contributed by atoms with E-state index in [1.807, 2.05) is 18.2 Å². The molecule has 0 saturated heterocycles. The fourth-order valence-corrected chi connectivity index (χ4v) is 5.14. The first-order chi connectivity index (χ1) is 12.8. The lowest BCUT2D eigenvalue weighted by atomic mass is 10.2. The van der Waals surface area contributed by atoms with Gasteiger partial charge in [0.1, 0.15) is 5.01 Å². The molecular weight excluding hydrogens is 380 g/mol. The monoisotopic (exact) mass is 398 g/mol. The highest BCUT2D eigenvalue weighted by molar-refractivity contribution is 7.98. The zero-order chi connectivity index (χ0) is 17.8. The number of rotatable bonds is 7. The summed E-state index contributed by atoms with van der Waals surface area (Å²) in [5, 5.41) is 15.1. The van der Waals surface area contributed by atoms with Gasteiger partial charge in [0.15, 0.2) is 11.0 Å². The summed E-state index contributed by atoms with van der Waals surface area (Å²) in [6.45, 7) is 3.11. The lowest BCUT2D eigenvalue weighted by molar-refractivity contribution is 0.627. The smallest absolute Gasteiger partial charge is 0.191 e. The lowest BCUT2D eigenvalue weighted by Gasteiger charge is -2.07. The molecule has 132 valence electrons. The second kappa shape index (κ2) is 8.16. The van der Waals surface area contributed by atoms with E-state index in [1.165, 1.54) is 5.56 Å². The third kappa shape index (κ3) is 3.75. The molecule has 0 aliphatic carbocycles. The van der Waals surface area contributed by atoms with Crippen LogP contribution in [0.4, 0.5) is 0 Å². The summed E-state index contributed by atoms with van der Waals surface area (Å²) in [7, 11) is 0. The van der Waals surface area contributed by atoms with Crippen LogP contribution in [0, 0.1) is 0 Å². The Bertz CT molecular complexity index is 958. The molecule has 4 aromatic rings. The second-order valence-electron chi connectivity index (χ2n) is 5.73. The van der Waals surface area contributed by atoms with Crippen LogP contribution in [0.5, 0.6) is 0 Å². The van der Waals surface area contributed by atoms with E-state index in [-0.39, 0.29) is 0 Å². The molecule has 0 atom stereocenters. The highest BCUT2D eigenvalue weighted by atomic mass is 32.2. The van der Waals surface area contributed by atoms with Gasteiger partial charge in [0.25, 0.3) is 0 Å². The number of thiophene rings is 1. The largest absolute Gasteiger partial charge is 0.301 e. The molecule has 0 aliphatic heterocycles. The average molecular weight is 399 g/mol. The van der Waals surface area contributed by atoms with Crippen molar-refractivity contribution >= 4 is 34.4 Å². The van der Waals surface area contributed by atoms with Gasteiger partial charge >= 0.3 is 0 Å². The molecule has 3 heterocycles. The number of benzene rings is 1. The number of hydrogen-bond acceptors (Lipinski definition) is 6. The summed E-state index contributed by atoms with van der Waals surface area (Å²) in [5.41, 5.74) is 2.26. The zero-order valence-corrected chi connectivity index (χ0v) is 16.8. The van der Waals surface area contributed by atoms with Crippen molar-refractivity contribution in [1.29, 1.82) is 0 Å². The minimum atomic E-state index is 0.801. The highest BCUT2D eigenvalue weighted by Gasteiger charge is 2.15. The minimum absolute atomic E-state index is 0.801. The predicted octanol–water partition coefficient (Wildman–Crippen LogP) is 5.83. The van der Waals surface area contributed by atoms with E-state index in [4.69, 9.17) is 4.98 Å². The Morgan fingerprint density at radius 3 is 2.69 bits per heavy atom. The summed E-state index contributed by atoms with van der Waals surface area (Å²) in [6.07, 6.45) is 1.05. The van der Waals surface area contributed by atoms with E-state index >= 15 is 0 Å². The summed E-state index contributed by atoms with van der Waals surface area (Å²) in [5.74, 6) is 1.77. The molecule has 0 unspecified atom stereocenters. The van der Waals surface area contributed by atoms with Crippen molar-refractivity contribution in [2.45, 2.75) is 30.8 Å². The van der Waals surface area contributed by atoms with Crippen LogP contribution in [0.3, 0.4) is 0 Å². The van der Waals surface area contributed by atoms with Gasteiger partial charge in [-0.3, -0.25) is 0 Å². The molecule has 0 aliphatic rings. The van der Waals surface area contributed by atoms with Gasteiger partial charge in [-0.05, 0) is 17.9 Å². The van der Waals surface area contributed by atoms with E-state index in [2.05, 4.69) is 56.7 Å². The molecule has 0 amide bonds. The Morgan fingerprint density at radius 1 is 1.04 bits per heavy atom. The van der Waals surface area contributed by atoms with Crippen molar-refractivity contribution in [2.24, 2.45) is 0 Å². The molecule has 7 heteroatoms. The molecule has 4 rings (SSSR count). The number of hydrogen-bond donors (Lipinski definition) is 0. The fourth-order valence-electron chi connectivity index (χ4n) is 2.63. The van der Waals surface area contributed by atoms with Crippen molar-refractivity contribution in [2.75, 3.05) is 0 Å². The average Bonchev–Trinajstić information content (AvgIpc) is 3.42. The summed E-state index contributed by atoms with van der Waals surface area (Å²) >= 11 is 5.10. The molecule has 3 aromatic heterocycles. The van der Waals surface area contributed by atoms with Crippen LogP contribution in [0.25, 0.3) is 21.3 Å². The second-order valence-corrected chi connectivity index (χ2v) is 8.48. The van der Waals surface area contributed by atoms with E-state index in [0.717, 1.165) is 45.3 Å². The first-order valence-electron chi connectivity index (χ1n) is 8.45. The van der Waals surface area contributed by atoms with Crippen LogP contribution in [0.15, 0.2) is 58.4 Å². The SMILES string of the molecule is CCCn1c(SCc2csc(-c3ccccc3)n2)nnc1-c1cccs1. The van der Waals surface area contributed by atoms with Gasteiger partial charge in [-0.2, -0.15) is 0 Å². The summed E-state index contributed by atoms with van der Waals surface area (Å²) in [6, 6.07) is 14.5. The molecule has 4 nitrogen and oxygen atoms in total. The Hall–Kier alpha value is -1.96. The Morgan fingerprint density at radius 2 is 1.92 bits per heavy atom. The quantitative estimate of drug-likeness (QED) is 0.367. The topological polar surface area (TPSA) is 43.6 Å². The van der Waals surface area contributed by atoms with Gasteiger partial charge < -0.3 is 4.57 Å². The third-order valence-electron chi connectivity index (χ3n) is 3.83. The number of thioether (sulfide) groups is 1. The standard InChI is InChI=1S/C19H18N4S3/c1-2-10-23-17(16-9-6-11-24-16)21-22-19(23)26-13-15-12-25-18(20-15)14-7-4-3-5-8-14/h3-9,11-12H,2,10,13H2,1H3. The van der Waals surface area contributed by atoms with Crippen molar-refractivity contribution in [3.8, 4) is 21.3 Å². The third-order valence-corrected chi connectivity index (χ3v) is 6.63. The van der Waals surface area contributed by atoms with E-state index in [9.17, 15) is 0 Å². The molecule has 26 heavy (non-hydrogen) atoms. The van der Waals surface area contributed by atoms with Gasteiger partial charge in [0, 0.05) is 23.2 Å². The maximum atomic E-state index is 4.77. The molecule has 0 radical (unpaired) electrons. The molecule has 0 spiro atoms. The van der Waals surface area contributed by atoms with Crippen LogP contribution in [0.2, 0.25) is 0 Å². The zero-order valence-electron chi connectivity index (χ0n) is 14.3. The van der Waals surface area contributed by atoms with Gasteiger partial charge in [0.05, 0.1) is 10.6 Å². The molecular formula is C19H18N4S3. The maximum absolute atomic E-state index is 4.77. The van der Waals surface area contributed by atoms with Crippen LogP contribution >= 0.6 is 34.4 Å². The maximum Gasteiger partial charge on any atom is 0.191 e. The van der Waals surface area contributed by atoms with Crippen LogP contribution < -0.4 is 0 Å². The van der Waals surface area contributed by atoms with E-state index < -0.39 is 0 Å². The first kappa shape index (κ1) is 17.5. The molecule has 0 N–H and O–H groups in total. The Kier molecular flexibility index (Phi) is 5.48. The van der Waals surface area contributed by atoms with Crippen molar-refractivity contribution in [1.82, 2.24) is 19.7 Å². The van der Waals surface area contributed by atoms with Gasteiger partial charge in [-0.15, -0.1) is 32.9 Å². The van der Waals surface area contributed by atoms with Crippen molar-refractivity contribution < 1.29 is 0 Å². The molecule has 0 bridgehead atoms. The Labute approximate surface area is 165 Å². The lowest BCUT2D eigenvalue weighted by Crippen LogP contribution is -2.01. The van der Waals surface area contributed by atoms with Crippen LogP contribution in [0.1, 0.15) is 19.0 Å². The minimum Gasteiger partial charge on any atom is -0.301 e. The first-order valence-corrected chi connectivity index (χ1v) is 11.2. The number of thiazole rings is 1. The number of nitrogens with zero attached hydrogens (tertiary/aromatic N) is 4.